The van der Waals surface area contributed by atoms with E-state index in [0.717, 1.165) is 5.56 Å². The first-order valence-corrected chi connectivity index (χ1v) is 14.6. The minimum atomic E-state index is -3.85. The number of hydrogen-bond donors (Lipinski definition) is 3. The van der Waals surface area contributed by atoms with Gasteiger partial charge in [-0.05, 0) is 58.0 Å². The van der Waals surface area contributed by atoms with E-state index in [1.54, 1.807) is 54.1 Å². The van der Waals surface area contributed by atoms with Gasteiger partial charge in [0.25, 0.3) is 10.0 Å². The number of aliphatic hydroxyl groups is 1. The van der Waals surface area contributed by atoms with Crippen LogP contribution in [0.4, 0.5) is 10.5 Å². The molecule has 3 rings (SSSR count). The van der Waals surface area contributed by atoms with Crippen LogP contribution in [0.25, 0.3) is 0 Å². The summed E-state index contributed by atoms with van der Waals surface area (Å²) in [6, 6.07) is 10.7. The highest BCUT2D eigenvalue weighted by atomic mass is 32.2. The predicted molar refractivity (Wildman–Crippen MR) is 150 cm³/mol. The Balaban J connectivity index is 1.95. The maximum atomic E-state index is 13.4. The Morgan fingerprint density at radius 3 is 2.46 bits per heavy atom. The van der Waals surface area contributed by atoms with Crippen molar-refractivity contribution in [1.82, 2.24) is 15.1 Å². The van der Waals surface area contributed by atoms with Gasteiger partial charge in [0.2, 0.25) is 5.91 Å². The molecular weight excluding hydrogens is 520 g/mol. The average molecular weight is 561 g/mol. The van der Waals surface area contributed by atoms with Crippen LogP contribution in [-0.4, -0.2) is 80.2 Å². The van der Waals surface area contributed by atoms with Crippen LogP contribution in [0.15, 0.2) is 47.4 Å². The average Bonchev–Trinajstić information content (AvgIpc) is 2.91. The van der Waals surface area contributed by atoms with Gasteiger partial charge in [-0.1, -0.05) is 24.6 Å². The van der Waals surface area contributed by atoms with Crippen molar-refractivity contribution < 1.29 is 27.9 Å². The molecule has 11 heteroatoms. The third-order valence-corrected chi connectivity index (χ3v) is 8.11. The molecule has 0 fully saturated rings. The first-order chi connectivity index (χ1) is 18.3. The molecule has 0 bridgehead atoms. The van der Waals surface area contributed by atoms with Crippen LogP contribution in [-0.2, 0) is 21.2 Å². The van der Waals surface area contributed by atoms with Crippen molar-refractivity contribution in [2.45, 2.75) is 64.1 Å². The fourth-order valence-electron chi connectivity index (χ4n) is 4.35. The van der Waals surface area contributed by atoms with Crippen LogP contribution in [0, 0.1) is 12.8 Å². The van der Waals surface area contributed by atoms with E-state index in [1.165, 1.54) is 12.1 Å². The Morgan fingerprint density at radius 2 is 1.85 bits per heavy atom. The lowest BCUT2D eigenvalue weighted by Gasteiger charge is -2.34. The van der Waals surface area contributed by atoms with Gasteiger partial charge >= 0.3 is 6.03 Å². The second-order valence-corrected chi connectivity index (χ2v) is 12.3. The maximum absolute atomic E-state index is 13.4. The number of aliphatic hydroxyl groups excluding tert-OH is 1. The van der Waals surface area contributed by atoms with Crippen LogP contribution < -0.4 is 14.8 Å². The van der Waals surface area contributed by atoms with Gasteiger partial charge in [-0.25, -0.2) is 13.2 Å². The van der Waals surface area contributed by atoms with Crippen LogP contribution in [0.5, 0.6) is 5.75 Å². The summed E-state index contributed by atoms with van der Waals surface area (Å²) in [6.07, 6.45) is -0.510. The van der Waals surface area contributed by atoms with E-state index in [9.17, 15) is 23.1 Å². The van der Waals surface area contributed by atoms with E-state index in [-0.39, 0.29) is 48.4 Å². The number of anilines is 1. The Labute approximate surface area is 231 Å². The number of urea groups is 1. The van der Waals surface area contributed by atoms with Gasteiger partial charge in [0.15, 0.2) is 0 Å². The van der Waals surface area contributed by atoms with Crippen molar-refractivity contribution in [3.05, 3.63) is 53.6 Å². The zero-order valence-electron chi connectivity index (χ0n) is 23.5. The third kappa shape index (κ3) is 7.86. The molecular formula is C28H40N4O6S. The fraction of sp³-hybridized carbons (Fsp3) is 0.500. The number of amides is 3. The SMILES string of the molecule is Cc1ccc(S(=O)(=O)Nc2ccc3c(c2)CC(=O)N([C@@H](C)CO)C[C@H](C)[C@H](CN(C)C(=O)NC(C)C)O3)cc1. The van der Waals surface area contributed by atoms with Crippen molar-refractivity contribution >= 4 is 27.6 Å². The summed E-state index contributed by atoms with van der Waals surface area (Å²) in [6.45, 7) is 9.73. The number of carbonyl (C=O) groups excluding carboxylic acids is 2. The fourth-order valence-corrected chi connectivity index (χ4v) is 5.40. The summed E-state index contributed by atoms with van der Waals surface area (Å²) in [5.74, 6) is 0.0518. The highest BCUT2D eigenvalue weighted by Gasteiger charge is 2.32. The number of carbonyl (C=O) groups is 2. The quantitative estimate of drug-likeness (QED) is 0.455. The van der Waals surface area contributed by atoms with Crippen molar-refractivity contribution in [1.29, 1.82) is 0 Å². The van der Waals surface area contributed by atoms with Gasteiger partial charge in [0, 0.05) is 36.8 Å². The molecule has 0 aliphatic carbocycles. The van der Waals surface area contributed by atoms with E-state index in [1.807, 2.05) is 27.7 Å². The monoisotopic (exact) mass is 560 g/mol. The molecule has 3 atom stereocenters. The number of nitrogens with one attached hydrogen (secondary N) is 2. The number of ether oxygens (including phenoxy) is 1. The molecule has 0 unspecified atom stereocenters. The highest BCUT2D eigenvalue weighted by Crippen LogP contribution is 2.30. The first-order valence-electron chi connectivity index (χ1n) is 13.1. The van der Waals surface area contributed by atoms with Crippen LogP contribution >= 0.6 is 0 Å². The summed E-state index contributed by atoms with van der Waals surface area (Å²) in [5, 5.41) is 12.7. The molecule has 2 aromatic rings. The predicted octanol–water partition coefficient (Wildman–Crippen LogP) is 2.99. The number of likely N-dealkylation sites (N-methyl/N-ethyl adjacent to an activating group) is 1. The number of aryl methyl sites for hydroxylation is 1. The van der Waals surface area contributed by atoms with Gasteiger partial charge < -0.3 is 25.0 Å². The number of hydrogen-bond acceptors (Lipinski definition) is 6. The lowest BCUT2D eigenvalue weighted by molar-refractivity contribution is -0.134. The number of rotatable bonds is 8. The summed E-state index contributed by atoms with van der Waals surface area (Å²) in [5.41, 5.74) is 1.75. The van der Waals surface area contributed by atoms with Gasteiger partial charge in [-0.3, -0.25) is 9.52 Å². The molecule has 0 spiro atoms. The van der Waals surface area contributed by atoms with Crippen LogP contribution in [0.3, 0.4) is 0 Å². The molecule has 10 nitrogen and oxygen atoms in total. The molecule has 1 aliphatic heterocycles. The van der Waals surface area contributed by atoms with Gasteiger partial charge in [0.05, 0.1) is 30.5 Å². The third-order valence-electron chi connectivity index (χ3n) is 6.71. The summed E-state index contributed by atoms with van der Waals surface area (Å²) in [7, 11) is -2.16. The largest absolute Gasteiger partial charge is 0.488 e. The zero-order valence-corrected chi connectivity index (χ0v) is 24.3. The first kappa shape index (κ1) is 30.2. The smallest absolute Gasteiger partial charge is 0.317 e. The van der Waals surface area contributed by atoms with Crippen LogP contribution in [0.2, 0.25) is 0 Å². The normalized spacial score (nSPS) is 18.8. The number of fused-ring (bicyclic) bond motifs is 1. The standard InChI is InChI=1S/C28H40N4O6S/c1-18(2)29-28(35)31(6)16-26-20(4)15-32(21(5)17-33)27(34)14-22-13-23(9-12-25(22)38-26)30-39(36,37)24-10-7-19(3)8-11-24/h7-13,18,20-21,26,30,33H,14-17H2,1-6H3,(H,29,35)/t20-,21-,26-/m0/s1. The molecule has 0 radical (unpaired) electrons. The lowest BCUT2D eigenvalue weighted by atomic mass is 10.0. The van der Waals surface area contributed by atoms with Gasteiger partial charge in [-0.2, -0.15) is 0 Å². The van der Waals surface area contributed by atoms with Crippen LogP contribution in [0.1, 0.15) is 38.8 Å². The number of nitrogens with zero attached hydrogens (tertiary/aromatic N) is 2. The molecule has 3 N–H and O–H groups in total. The molecule has 0 saturated carbocycles. The van der Waals surface area contributed by atoms with Crippen molar-refractivity contribution in [3.8, 4) is 5.75 Å². The molecule has 0 aromatic heterocycles. The van der Waals surface area contributed by atoms with Gasteiger partial charge in [-0.15, -0.1) is 0 Å². The summed E-state index contributed by atoms with van der Waals surface area (Å²) < 4.78 is 34.9. The van der Waals surface area contributed by atoms with E-state index < -0.39 is 22.2 Å². The molecule has 39 heavy (non-hydrogen) atoms. The van der Waals surface area contributed by atoms with Crippen molar-refractivity contribution in [3.63, 3.8) is 0 Å². The highest BCUT2D eigenvalue weighted by molar-refractivity contribution is 7.92. The summed E-state index contributed by atoms with van der Waals surface area (Å²) in [4.78, 5) is 29.3. The number of sulfonamides is 1. The second-order valence-electron chi connectivity index (χ2n) is 10.6. The Kier molecular flexibility index (Phi) is 9.84. The minimum absolute atomic E-state index is 0.0276. The molecule has 3 amide bonds. The molecule has 214 valence electrons. The lowest BCUT2D eigenvalue weighted by Crippen LogP contribution is -2.49. The topological polar surface area (TPSA) is 128 Å². The van der Waals surface area contributed by atoms with E-state index in [4.69, 9.17) is 4.74 Å². The van der Waals surface area contributed by atoms with E-state index in [0.29, 0.717) is 23.5 Å². The van der Waals surface area contributed by atoms with Crippen molar-refractivity contribution in [2.24, 2.45) is 5.92 Å². The Hall–Kier alpha value is -3.31. The van der Waals surface area contributed by atoms with Gasteiger partial charge in [0.1, 0.15) is 11.9 Å². The Bertz CT molecular complexity index is 1270. The molecule has 1 aliphatic rings. The summed E-state index contributed by atoms with van der Waals surface area (Å²) >= 11 is 0. The number of benzene rings is 2. The Morgan fingerprint density at radius 1 is 1.18 bits per heavy atom. The molecule has 2 aromatic carbocycles. The molecule has 1 heterocycles. The van der Waals surface area contributed by atoms with E-state index in [2.05, 4.69) is 10.0 Å². The van der Waals surface area contributed by atoms with Crippen molar-refractivity contribution in [2.75, 3.05) is 31.5 Å². The second kappa shape index (κ2) is 12.7. The van der Waals surface area contributed by atoms with E-state index >= 15 is 0 Å². The maximum Gasteiger partial charge on any atom is 0.317 e. The minimum Gasteiger partial charge on any atom is -0.488 e. The zero-order chi connectivity index (χ0) is 28.9. The molecule has 0 saturated heterocycles.